The summed E-state index contributed by atoms with van der Waals surface area (Å²) in [5.41, 5.74) is 4.48. The van der Waals surface area contributed by atoms with Crippen LogP contribution in [0.15, 0.2) is 59.4 Å². The Hall–Kier alpha value is -2.95. The van der Waals surface area contributed by atoms with Gasteiger partial charge in [0, 0.05) is 17.2 Å². The summed E-state index contributed by atoms with van der Waals surface area (Å²) in [5.74, 6) is 1.84. The molecule has 3 aliphatic carbocycles. The van der Waals surface area contributed by atoms with Gasteiger partial charge in [-0.3, -0.25) is 9.59 Å². The highest BCUT2D eigenvalue weighted by molar-refractivity contribution is 5.87. The van der Waals surface area contributed by atoms with Gasteiger partial charge in [-0.25, -0.2) is 5.43 Å². The zero-order valence-corrected chi connectivity index (χ0v) is 17.6. The number of nitrogens with one attached hydrogen (secondary N) is 1. The molecule has 3 fully saturated rings. The first-order chi connectivity index (χ1) is 15.1. The molecule has 0 spiro atoms. The molecule has 0 saturated heterocycles. The molecule has 0 unspecified atom stereocenters. The number of nitrogens with zero attached hydrogens (tertiary/aromatic N) is 2. The van der Waals surface area contributed by atoms with Gasteiger partial charge in [0.05, 0.1) is 11.1 Å². The van der Waals surface area contributed by atoms with Gasteiger partial charge < -0.3 is 0 Å². The monoisotopic (exact) mass is 413 g/mol. The largest absolute Gasteiger partial charge is 0.294 e. The average Bonchev–Trinajstić information content (AvgIpc) is 3.34. The van der Waals surface area contributed by atoms with Crippen molar-refractivity contribution in [2.75, 3.05) is 5.43 Å². The van der Waals surface area contributed by atoms with Gasteiger partial charge in [-0.05, 0) is 61.5 Å². The van der Waals surface area contributed by atoms with E-state index in [4.69, 9.17) is 5.10 Å². The summed E-state index contributed by atoms with van der Waals surface area (Å²) in [6, 6.07) is 18.0. The van der Waals surface area contributed by atoms with Crippen LogP contribution >= 0.6 is 0 Å². The molecule has 3 aliphatic rings. The molecule has 3 atom stereocenters. The van der Waals surface area contributed by atoms with Crippen LogP contribution in [0.3, 0.4) is 0 Å². The van der Waals surface area contributed by atoms with Crippen LogP contribution in [0.2, 0.25) is 0 Å². The summed E-state index contributed by atoms with van der Waals surface area (Å²) in [4.78, 5) is 27.2. The second-order valence-corrected chi connectivity index (χ2v) is 9.73. The van der Waals surface area contributed by atoms with E-state index in [-0.39, 0.29) is 16.9 Å². The molecule has 0 radical (unpaired) electrons. The van der Waals surface area contributed by atoms with Crippen LogP contribution in [0.1, 0.15) is 56.2 Å². The molecule has 158 valence electrons. The minimum atomic E-state index is -0.260. The van der Waals surface area contributed by atoms with E-state index >= 15 is 0 Å². The van der Waals surface area contributed by atoms with Crippen LogP contribution in [0.4, 0.5) is 0 Å². The summed E-state index contributed by atoms with van der Waals surface area (Å²) >= 11 is 0. The highest BCUT2D eigenvalue weighted by Crippen LogP contribution is 2.54. The quantitative estimate of drug-likeness (QED) is 0.675. The highest BCUT2D eigenvalue weighted by atomic mass is 16.2. The number of fused-ring (bicyclic) bond motifs is 3. The fraction of sp³-hybridized carbons (Fsp3) is 0.423. The lowest BCUT2D eigenvalue weighted by Crippen LogP contribution is -2.38. The number of aromatic nitrogens is 2. The molecule has 3 aromatic rings. The van der Waals surface area contributed by atoms with Gasteiger partial charge in [-0.15, -0.1) is 4.79 Å². The topological polar surface area (TPSA) is 64.0 Å². The maximum absolute atomic E-state index is 13.2. The average molecular weight is 414 g/mol. The SMILES string of the molecule is O=C(C[C@H]1C[C@@H]2CC[C@H]1C2)Nn1nc(C2(c3ccccc3)CC2)c2ccccc2c1=O. The molecule has 1 N–H and O–H groups in total. The predicted molar refractivity (Wildman–Crippen MR) is 120 cm³/mol. The minimum absolute atomic E-state index is 0.0991. The van der Waals surface area contributed by atoms with Crippen LogP contribution in [-0.2, 0) is 10.2 Å². The van der Waals surface area contributed by atoms with E-state index < -0.39 is 0 Å². The molecule has 6 rings (SSSR count). The second kappa shape index (κ2) is 7.04. The van der Waals surface area contributed by atoms with Gasteiger partial charge in [0.25, 0.3) is 5.56 Å². The van der Waals surface area contributed by atoms with Gasteiger partial charge >= 0.3 is 0 Å². The molecule has 3 saturated carbocycles. The number of amides is 1. The Bertz CT molecular complexity index is 1210. The molecule has 5 heteroatoms. The Morgan fingerprint density at radius 2 is 1.74 bits per heavy atom. The molecular formula is C26H27N3O2. The standard InChI is InChI=1S/C26H27N3O2/c30-23(16-19-15-17-10-11-18(19)14-17)27-29-25(31)22-9-5-4-8-21(22)24(28-29)26(12-13-26)20-6-2-1-3-7-20/h1-9,17-19H,10-16H2,(H,27,30)/t17-,18+,19-/m1/s1. The first-order valence-corrected chi connectivity index (χ1v) is 11.5. The lowest BCUT2D eigenvalue weighted by molar-refractivity contribution is -0.118. The molecule has 1 amide bonds. The molecule has 1 aromatic heterocycles. The number of rotatable bonds is 5. The van der Waals surface area contributed by atoms with Crippen LogP contribution in [-0.4, -0.2) is 15.8 Å². The lowest BCUT2D eigenvalue weighted by atomic mass is 9.86. The molecule has 2 aromatic carbocycles. The van der Waals surface area contributed by atoms with Crippen molar-refractivity contribution < 1.29 is 4.79 Å². The molecule has 31 heavy (non-hydrogen) atoms. The normalized spacial score (nSPS) is 25.6. The zero-order valence-electron chi connectivity index (χ0n) is 17.6. The van der Waals surface area contributed by atoms with E-state index in [9.17, 15) is 9.59 Å². The fourth-order valence-corrected chi connectivity index (χ4v) is 6.19. The van der Waals surface area contributed by atoms with Crippen LogP contribution in [0, 0.1) is 17.8 Å². The third-order valence-corrected chi connectivity index (χ3v) is 7.90. The Morgan fingerprint density at radius 3 is 2.42 bits per heavy atom. The van der Waals surface area contributed by atoms with Crippen molar-refractivity contribution >= 4 is 16.7 Å². The van der Waals surface area contributed by atoms with Crippen molar-refractivity contribution in [2.45, 2.75) is 50.4 Å². The van der Waals surface area contributed by atoms with Crippen molar-refractivity contribution in [3.8, 4) is 0 Å². The number of hydrogen-bond donors (Lipinski definition) is 1. The summed E-state index contributed by atoms with van der Waals surface area (Å²) in [5, 5.41) is 6.23. The Morgan fingerprint density at radius 1 is 1.00 bits per heavy atom. The molecule has 5 nitrogen and oxygen atoms in total. The first-order valence-electron chi connectivity index (χ1n) is 11.5. The maximum atomic E-state index is 13.2. The Labute approximate surface area is 181 Å². The van der Waals surface area contributed by atoms with Crippen molar-refractivity contribution in [3.05, 3.63) is 76.2 Å². The van der Waals surface area contributed by atoms with Crippen LogP contribution in [0.25, 0.3) is 10.8 Å². The minimum Gasteiger partial charge on any atom is -0.273 e. The highest BCUT2D eigenvalue weighted by Gasteiger charge is 2.49. The first kappa shape index (κ1) is 18.8. The predicted octanol–water partition coefficient (Wildman–Crippen LogP) is 4.37. The van der Waals surface area contributed by atoms with Crippen LogP contribution < -0.4 is 11.0 Å². The Kier molecular flexibility index (Phi) is 4.27. The summed E-state index contributed by atoms with van der Waals surface area (Å²) < 4.78 is 0. The van der Waals surface area contributed by atoms with Gasteiger partial charge in [-0.2, -0.15) is 5.10 Å². The number of benzene rings is 2. The van der Waals surface area contributed by atoms with Crippen molar-refractivity contribution in [1.82, 2.24) is 9.89 Å². The summed E-state index contributed by atoms with van der Waals surface area (Å²) in [7, 11) is 0. The zero-order chi connectivity index (χ0) is 21.0. The maximum Gasteiger partial charge on any atom is 0.294 e. The number of carbonyl (C=O) groups is 1. The van der Waals surface area contributed by atoms with Crippen molar-refractivity contribution in [3.63, 3.8) is 0 Å². The van der Waals surface area contributed by atoms with Gasteiger partial charge in [-0.1, -0.05) is 55.0 Å². The van der Waals surface area contributed by atoms with Crippen molar-refractivity contribution in [2.24, 2.45) is 17.8 Å². The fourth-order valence-electron chi connectivity index (χ4n) is 6.19. The molecular weight excluding hydrogens is 386 g/mol. The molecule has 1 heterocycles. The van der Waals surface area contributed by atoms with E-state index in [2.05, 4.69) is 17.6 Å². The van der Waals surface area contributed by atoms with E-state index in [1.807, 2.05) is 42.5 Å². The molecule has 0 aliphatic heterocycles. The van der Waals surface area contributed by atoms with Gasteiger partial charge in [0.2, 0.25) is 5.91 Å². The number of carbonyl (C=O) groups excluding carboxylic acids is 1. The lowest BCUT2D eigenvalue weighted by Gasteiger charge is -2.22. The van der Waals surface area contributed by atoms with E-state index in [1.54, 1.807) is 0 Å². The second-order valence-electron chi connectivity index (χ2n) is 9.73. The summed E-state index contributed by atoms with van der Waals surface area (Å²) in [6.45, 7) is 0. The molecule has 2 bridgehead atoms. The van der Waals surface area contributed by atoms with E-state index in [0.29, 0.717) is 23.6 Å². The smallest absolute Gasteiger partial charge is 0.273 e. The van der Waals surface area contributed by atoms with Crippen molar-refractivity contribution in [1.29, 1.82) is 0 Å². The van der Waals surface area contributed by atoms with Gasteiger partial charge in [0.1, 0.15) is 0 Å². The third kappa shape index (κ3) is 3.10. The number of hydrogen-bond acceptors (Lipinski definition) is 3. The summed E-state index contributed by atoms with van der Waals surface area (Å²) in [6.07, 6.45) is 7.47. The Balaban J connectivity index is 1.37. The van der Waals surface area contributed by atoms with Gasteiger partial charge in [0.15, 0.2) is 0 Å². The van der Waals surface area contributed by atoms with E-state index in [1.165, 1.54) is 29.6 Å². The van der Waals surface area contributed by atoms with E-state index in [0.717, 1.165) is 36.3 Å². The van der Waals surface area contributed by atoms with Crippen LogP contribution in [0.5, 0.6) is 0 Å². The third-order valence-electron chi connectivity index (χ3n) is 7.90.